The molecule has 0 aliphatic heterocycles. The highest BCUT2D eigenvalue weighted by molar-refractivity contribution is 7.80. The fourth-order valence-corrected chi connectivity index (χ4v) is 2.10. The molecule has 18 heavy (non-hydrogen) atoms. The zero-order valence-electron chi connectivity index (χ0n) is 9.42. The average molecular weight is 277 g/mol. The molecule has 1 amide bonds. The van der Waals surface area contributed by atoms with E-state index < -0.39 is 0 Å². The Morgan fingerprint density at radius 2 is 2.11 bits per heavy atom. The van der Waals surface area contributed by atoms with Gasteiger partial charge in [0, 0.05) is 17.1 Å². The molecule has 0 atom stereocenters. The van der Waals surface area contributed by atoms with Crippen molar-refractivity contribution >= 4 is 39.6 Å². The van der Waals surface area contributed by atoms with Gasteiger partial charge in [0.15, 0.2) is 5.13 Å². The molecule has 1 aromatic carbocycles. The maximum absolute atomic E-state index is 11.7. The number of carbonyl (C=O) groups is 1. The molecule has 0 spiro atoms. The van der Waals surface area contributed by atoms with Gasteiger partial charge in [0.1, 0.15) is 4.99 Å². The number of hydrogen-bond acceptors (Lipinski definition) is 4. The van der Waals surface area contributed by atoms with Crippen molar-refractivity contribution < 1.29 is 4.79 Å². The normalized spacial score (nSPS) is 10.0. The topological polar surface area (TPSA) is 68.0 Å². The van der Waals surface area contributed by atoms with Crippen molar-refractivity contribution in [3.8, 4) is 0 Å². The number of anilines is 1. The first-order valence-corrected chi connectivity index (χ1v) is 6.52. The summed E-state index contributed by atoms with van der Waals surface area (Å²) in [4.78, 5) is 16.0. The summed E-state index contributed by atoms with van der Waals surface area (Å²) in [6.45, 7) is 0. The first-order valence-electron chi connectivity index (χ1n) is 5.23. The summed E-state index contributed by atoms with van der Waals surface area (Å²) in [7, 11) is 0. The van der Waals surface area contributed by atoms with Crippen molar-refractivity contribution in [3.05, 3.63) is 47.0 Å². The van der Waals surface area contributed by atoms with Crippen LogP contribution in [0.5, 0.6) is 0 Å². The Hall–Kier alpha value is -1.79. The summed E-state index contributed by atoms with van der Waals surface area (Å²) in [5.41, 5.74) is 7.21. The molecule has 0 bridgehead atoms. The Balaban J connectivity index is 1.97. The molecular formula is C12H11N3OS2. The third-order valence-corrected chi connectivity index (χ3v) is 3.21. The van der Waals surface area contributed by atoms with E-state index in [0.29, 0.717) is 16.5 Å². The van der Waals surface area contributed by atoms with Gasteiger partial charge in [0.05, 0.1) is 6.42 Å². The fraction of sp³-hybridized carbons (Fsp3) is 0.0833. The van der Waals surface area contributed by atoms with Gasteiger partial charge < -0.3 is 11.1 Å². The van der Waals surface area contributed by atoms with Crippen LogP contribution in [0.2, 0.25) is 0 Å². The third kappa shape index (κ3) is 3.35. The van der Waals surface area contributed by atoms with Crippen molar-refractivity contribution in [2.75, 3.05) is 5.32 Å². The summed E-state index contributed by atoms with van der Waals surface area (Å²) in [5, 5.41) is 5.15. The second kappa shape index (κ2) is 5.70. The largest absolute Gasteiger partial charge is 0.389 e. The number of nitrogens with two attached hydrogens (primary N) is 1. The predicted octanol–water partition coefficient (Wildman–Crippen LogP) is 1.96. The molecule has 0 saturated heterocycles. The van der Waals surface area contributed by atoms with Gasteiger partial charge in [-0.1, -0.05) is 36.5 Å². The molecule has 0 aliphatic rings. The molecule has 0 saturated carbocycles. The molecule has 3 N–H and O–H groups in total. The molecule has 0 aliphatic carbocycles. The molecule has 0 radical (unpaired) electrons. The lowest BCUT2D eigenvalue weighted by Crippen LogP contribution is -2.14. The molecule has 6 heteroatoms. The molecule has 0 fully saturated rings. The Morgan fingerprint density at radius 3 is 2.67 bits per heavy atom. The van der Waals surface area contributed by atoms with Crippen molar-refractivity contribution in [3.63, 3.8) is 0 Å². The number of thiocarbonyl (C=S) groups is 1. The Kier molecular flexibility index (Phi) is 4.01. The van der Waals surface area contributed by atoms with E-state index in [-0.39, 0.29) is 5.91 Å². The summed E-state index contributed by atoms with van der Waals surface area (Å²) < 4.78 is 0. The third-order valence-electron chi connectivity index (χ3n) is 2.28. The van der Waals surface area contributed by atoms with E-state index >= 15 is 0 Å². The predicted molar refractivity (Wildman–Crippen MR) is 76.8 cm³/mol. The Morgan fingerprint density at radius 1 is 1.39 bits per heavy atom. The molecule has 0 unspecified atom stereocenters. The van der Waals surface area contributed by atoms with E-state index in [2.05, 4.69) is 10.3 Å². The van der Waals surface area contributed by atoms with Crippen molar-refractivity contribution in [2.45, 2.75) is 6.42 Å². The quantitative estimate of drug-likeness (QED) is 0.838. The molecule has 2 aromatic rings. The molecular weight excluding hydrogens is 266 g/mol. The second-order valence-electron chi connectivity index (χ2n) is 3.62. The molecule has 1 aromatic heterocycles. The van der Waals surface area contributed by atoms with Gasteiger partial charge in [-0.2, -0.15) is 0 Å². The molecule has 2 rings (SSSR count). The zero-order valence-corrected chi connectivity index (χ0v) is 11.1. The highest BCUT2D eigenvalue weighted by Crippen LogP contribution is 2.11. The van der Waals surface area contributed by atoms with E-state index in [1.54, 1.807) is 6.20 Å². The summed E-state index contributed by atoms with van der Waals surface area (Å²) >= 11 is 6.25. The number of hydrogen-bond donors (Lipinski definition) is 2. The molecule has 1 heterocycles. The van der Waals surface area contributed by atoms with Gasteiger partial charge in [0.25, 0.3) is 0 Å². The number of carbonyl (C=O) groups excluding carboxylic acids is 1. The van der Waals surface area contributed by atoms with Crippen LogP contribution in [-0.4, -0.2) is 15.9 Å². The van der Waals surface area contributed by atoms with Crippen LogP contribution >= 0.6 is 23.6 Å². The van der Waals surface area contributed by atoms with Gasteiger partial charge >= 0.3 is 0 Å². The van der Waals surface area contributed by atoms with Gasteiger partial charge in [-0.15, -0.1) is 11.3 Å². The van der Waals surface area contributed by atoms with Crippen LogP contribution in [0, 0.1) is 0 Å². The van der Waals surface area contributed by atoms with E-state index in [1.165, 1.54) is 11.3 Å². The Labute approximate surface area is 114 Å². The average Bonchev–Trinajstić information content (AvgIpc) is 2.82. The number of rotatable bonds is 4. The van der Waals surface area contributed by atoms with E-state index in [0.717, 1.165) is 11.1 Å². The number of nitrogens with zero attached hydrogens (tertiary/aromatic N) is 1. The van der Waals surface area contributed by atoms with Gasteiger partial charge in [-0.3, -0.25) is 4.79 Å². The van der Waals surface area contributed by atoms with Crippen molar-refractivity contribution in [1.82, 2.24) is 4.98 Å². The van der Waals surface area contributed by atoms with Crippen molar-refractivity contribution in [1.29, 1.82) is 0 Å². The minimum Gasteiger partial charge on any atom is -0.389 e. The SMILES string of the molecule is NC(=S)c1ccc(CC(=O)Nc2nccs2)cc1. The van der Waals surface area contributed by atoms with Crippen LogP contribution in [0.15, 0.2) is 35.8 Å². The van der Waals surface area contributed by atoms with E-state index in [9.17, 15) is 4.79 Å². The Bertz CT molecular complexity index is 549. The minimum absolute atomic E-state index is 0.0898. The first-order chi connectivity index (χ1) is 8.65. The minimum atomic E-state index is -0.0898. The van der Waals surface area contributed by atoms with Crippen molar-refractivity contribution in [2.24, 2.45) is 5.73 Å². The molecule has 4 nitrogen and oxygen atoms in total. The fourth-order valence-electron chi connectivity index (χ4n) is 1.42. The van der Waals surface area contributed by atoms with Gasteiger partial charge in [-0.25, -0.2) is 4.98 Å². The lowest BCUT2D eigenvalue weighted by Gasteiger charge is -2.03. The zero-order chi connectivity index (χ0) is 13.0. The number of nitrogens with one attached hydrogen (secondary N) is 1. The van der Waals surface area contributed by atoms with E-state index in [1.807, 2.05) is 29.6 Å². The second-order valence-corrected chi connectivity index (χ2v) is 4.96. The number of benzene rings is 1. The number of aromatic nitrogens is 1. The smallest absolute Gasteiger partial charge is 0.230 e. The van der Waals surface area contributed by atoms with Gasteiger partial charge in [0.2, 0.25) is 5.91 Å². The van der Waals surface area contributed by atoms with Crippen LogP contribution in [0.4, 0.5) is 5.13 Å². The maximum Gasteiger partial charge on any atom is 0.230 e. The van der Waals surface area contributed by atoms with Crippen LogP contribution in [0.3, 0.4) is 0 Å². The van der Waals surface area contributed by atoms with E-state index in [4.69, 9.17) is 18.0 Å². The lowest BCUT2D eigenvalue weighted by atomic mass is 10.1. The number of thiazole rings is 1. The van der Waals surface area contributed by atoms with Crippen LogP contribution in [0.25, 0.3) is 0 Å². The highest BCUT2D eigenvalue weighted by Gasteiger charge is 2.05. The lowest BCUT2D eigenvalue weighted by molar-refractivity contribution is -0.115. The van der Waals surface area contributed by atoms with Crippen LogP contribution in [-0.2, 0) is 11.2 Å². The monoisotopic (exact) mass is 277 g/mol. The summed E-state index contributed by atoms with van der Waals surface area (Å²) in [6, 6.07) is 7.31. The van der Waals surface area contributed by atoms with Crippen LogP contribution in [0.1, 0.15) is 11.1 Å². The van der Waals surface area contributed by atoms with Crippen LogP contribution < -0.4 is 11.1 Å². The standard InChI is InChI=1S/C12H11N3OS2/c13-11(17)9-3-1-8(2-4-9)7-10(16)15-12-14-5-6-18-12/h1-6H,7H2,(H2,13,17)(H,14,15,16). The summed E-state index contributed by atoms with van der Waals surface area (Å²) in [6.07, 6.45) is 1.95. The maximum atomic E-state index is 11.7. The first kappa shape index (κ1) is 12.7. The van der Waals surface area contributed by atoms with Gasteiger partial charge in [-0.05, 0) is 5.56 Å². The summed E-state index contributed by atoms with van der Waals surface area (Å²) in [5.74, 6) is -0.0898. The number of amides is 1. The molecule has 92 valence electrons. The highest BCUT2D eigenvalue weighted by atomic mass is 32.1.